The van der Waals surface area contributed by atoms with E-state index in [-0.39, 0.29) is 4.66 Å². The maximum Gasteiger partial charge on any atom is 0.221 e. The number of hydrogen-bond acceptors (Lipinski definition) is 3. The van der Waals surface area contributed by atoms with E-state index in [1.807, 2.05) is 0 Å². The Hall–Kier alpha value is 0.350. The monoisotopic (exact) mass is 300 g/mol. The molecular formula is C9H21BrN2O2S. The minimum Gasteiger partial charge on any atom is -0.297 e. The zero-order valence-corrected chi connectivity index (χ0v) is 12.2. The van der Waals surface area contributed by atoms with E-state index in [1.165, 1.54) is 0 Å². The maximum atomic E-state index is 11.1. The van der Waals surface area contributed by atoms with Gasteiger partial charge in [-0.2, -0.15) is 0 Å². The predicted molar refractivity (Wildman–Crippen MR) is 67.7 cm³/mol. The van der Waals surface area contributed by atoms with Gasteiger partial charge in [0.1, 0.15) is 4.66 Å². The fraction of sp³-hybridized carbons (Fsp3) is 1.00. The van der Waals surface area contributed by atoms with Gasteiger partial charge in [0.25, 0.3) is 0 Å². The average molecular weight is 301 g/mol. The topological polar surface area (TPSA) is 49.4 Å². The SMILES string of the molecule is CC(C)N(CCNS(=O)(=O)CBr)C(C)C. The summed E-state index contributed by atoms with van der Waals surface area (Å²) >= 11 is 2.93. The standard InChI is InChI=1S/C9H21BrN2O2S/c1-8(2)12(9(3)4)6-5-11-15(13,14)7-10/h8-9,11H,5-7H2,1-4H3. The van der Waals surface area contributed by atoms with Crippen molar-refractivity contribution >= 4 is 26.0 Å². The van der Waals surface area contributed by atoms with Gasteiger partial charge in [-0.3, -0.25) is 4.90 Å². The van der Waals surface area contributed by atoms with Crippen LogP contribution in [0.4, 0.5) is 0 Å². The van der Waals surface area contributed by atoms with Crippen molar-refractivity contribution in [2.24, 2.45) is 0 Å². The zero-order valence-electron chi connectivity index (χ0n) is 9.83. The van der Waals surface area contributed by atoms with E-state index in [9.17, 15) is 8.42 Å². The molecule has 15 heavy (non-hydrogen) atoms. The van der Waals surface area contributed by atoms with Crippen LogP contribution in [0.25, 0.3) is 0 Å². The molecule has 6 heteroatoms. The van der Waals surface area contributed by atoms with E-state index in [0.29, 0.717) is 18.6 Å². The highest BCUT2D eigenvalue weighted by molar-refractivity contribution is 9.10. The highest BCUT2D eigenvalue weighted by Crippen LogP contribution is 2.03. The van der Waals surface area contributed by atoms with Crippen LogP contribution in [0.5, 0.6) is 0 Å². The lowest BCUT2D eigenvalue weighted by Crippen LogP contribution is -2.42. The van der Waals surface area contributed by atoms with Crippen molar-refractivity contribution in [2.45, 2.75) is 39.8 Å². The van der Waals surface area contributed by atoms with Crippen LogP contribution in [-0.2, 0) is 10.0 Å². The molecule has 4 nitrogen and oxygen atoms in total. The smallest absolute Gasteiger partial charge is 0.221 e. The molecule has 0 amide bonds. The Balaban J connectivity index is 4.03. The van der Waals surface area contributed by atoms with E-state index in [2.05, 4.69) is 53.2 Å². The minimum atomic E-state index is -3.13. The van der Waals surface area contributed by atoms with Crippen molar-refractivity contribution in [1.29, 1.82) is 0 Å². The lowest BCUT2D eigenvalue weighted by molar-refractivity contribution is 0.179. The van der Waals surface area contributed by atoms with Crippen molar-refractivity contribution in [2.75, 3.05) is 17.8 Å². The summed E-state index contributed by atoms with van der Waals surface area (Å²) in [4.78, 5) is 2.25. The lowest BCUT2D eigenvalue weighted by atomic mass is 10.2. The van der Waals surface area contributed by atoms with Crippen LogP contribution in [0.1, 0.15) is 27.7 Å². The maximum absolute atomic E-state index is 11.1. The lowest BCUT2D eigenvalue weighted by Gasteiger charge is -2.30. The van der Waals surface area contributed by atoms with Crippen molar-refractivity contribution in [3.05, 3.63) is 0 Å². The zero-order chi connectivity index (χ0) is 12.1. The van der Waals surface area contributed by atoms with Gasteiger partial charge in [0.05, 0.1) is 0 Å². The number of sulfonamides is 1. The van der Waals surface area contributed by atoms with Crippen LogP contribution in [0.15, 0.2) is 0 Å². The van der Waals surface area contributed by atoms with Gasteiger partial charge in [-0.25, -0.2) is 13.1 Å². The summed E-state index contributed by atoms with van der Waals surface area (Å²) in [5.74, 6) is 0. The van der Waals surface area contributed by atoms with Crippen LogP contribution < -0.4 is 4.72 Å². The van der Waals surface area contributed by atoms with E-state index in [4.69, 9.17) is 0 Å². The second-order valence-corrected chi connectivity index (χ2v) is 7.15. The van der Waals surface area contributed by atoms with Crippen LogP contribution in [0.3, 0.4) is 0 Å². The quantitative estimate of drug-likeness (QED) is 0.723. The summed E-state index contributed by atoms with van der Waals surface area (Å²) in [6.07, 6.45) is 0. The van der Waals surface area contributed by atoms with Crippen LogP contribution in [0, 0.1) is 0 Å². The number of nitrogens with one attached hydrogen (secondary N) is 1. The third-order valence-corrected chi connectivity index (χ3v) is 4.90. The molecule has 0 spiro atoms. The first kappa shape index (κ1) is 15.3. The molecule has 0 atom stereocenters. The molecule has 0 rings (SSSR count). The molecular weight excluding hydrogens is 280 g/mol. The molecule has 0 aromatic rings. The molecule has 1 N–H and O–H groups in total. The molecule has 0 aromatic heterocycles. The van der Waals surface area contributed by atoms with Crippen molar-refractivity contribution in [1.82, 2.24) is 9.62 Å². The van der Waals surface area contributed by atoms with Gasteiger partial charge in [-0.05, 0) is 27.7 Å². The molecule has 0 unspecified atom stereocenters. The summed E-state index contributed by atoms with van der Waals surface area (Å²) < 4.78 is 24.8. The van der Waals surface area contributed by atoms with E-state index < -0.39 is 10.0 Å². The number of rotatable bonds is 7. The van der Waals surface area contributed by atoms with E-state index in [0.717, 1.165) is 6.54 Å². The third kappa shape index (κ3) is 6.50. The molecule has 0 aliphatic rings. The Kier molecular flexibility index (Phi) is 6.99. The Bertz CT molecular complexity index is 257. The van der Waals surface area contributed by atoms with Gasteiger partial charge in [-0.1, -0.05) is 15.9 Å². The molecule has 0 radical (unpaired) electrons. The second kappa shape index (κ2) is 6.83. The fourth-order valence-electron chi connectivity index (χ4n) is 1.48. The van der Waals surface area contributed by atoms with Crippen LogP contribution in [0.2, 0.25) is 0 Å². The molecule has 92 valence electrons. The van der Waals surface area contributed by atoms with Crippen LogP contribution in [-0.4, -0.2) is 43.2 Å². The first-order valence-electron chi connectivity index (χ1n) is 5.09. The molecule has 0 heterocycles. The fourth-order valence-corrected chi connectivity index (χ4v) is 2.45. The number of alkyl halides is 1. The molecule has 0 fully saturated rings. The third-order valence-electron chi connectivity index (χ3n) is 2.16. The summed E-state index contributed by atoms with van der Waals surface area (Å²) in [6, 6.07) is 0.858. The summed E-state index contributed by atoms with van der Waals surface area (Å²) in [6.45, 7) is 9.64. The molecule has 0 aliphatic heterocycles. The largest absolute Gasteiger partial charge is 0.297 e. The minimum absolute atomic E-state index is 0.0383. The van der Waals surface area contributed by atoms with E-state index in [1.54, 1.807) is 0 Å². The predicted octanol–water partition coefficient (Wildman–Crippen LogP) is 1.38. The molecule has 0 saturated carbocycles. The second-order valence-electron chi connectivity index (χ2n) is 4.04. The van der Waals surface area contributed by atoms with Crippen molar-refractivity contribution in [3.63, 3.8) is 0 Å². The molecule has 0 bridgehead atoms. The summed E-state index contributed by atoms with van der Waals surface area (Å²) in [7, 11) is -3.13. The number of halogens is 1. The Labute approximate surface area is 102 Å². The Morgan fingerprint density at radius 1 is 1.20 bits per heavy atom. The highest BCUT2D eigenvalue weighted by Gasteiger charge is 2.14. The molecule has 0 aromatic carbocycles. The van der Waals surface area contributed by atoms with Gasteiger partial charge in [0.2, 0.25) is 10.0 Å². The van der Waals surface area contributed by atoms with Crippen LogP contribution >= 0.6 is 15.9 Å². The molecule has 0 aliphatic carbocycles. The first-order valence-corrected chi connectivity index (χ1v) is 7.86. The van der Waals surface area contributed by atoms with E-state index >= 15 is 0 Å². The van der Waals surface area contributed by atoms with Crippen molar-refractivity contribution in [3.8, 4) is 0 Å². The first-order chi connectivity index (χ1) is 6.80. The van der Waals surface area contributed by atoms with Gasteiger partial charge in [0.15, 0.2) is 0 Å². The van der Waals surface area contributed by atoms with Gasteiger partial charge >= 0.3 is 0 Å². The van der Waals surface area contributed by atoms with Crippen molar-refractivity contribution < 1.29 is 8.42 Å². The normalized spacial score (nSPS) is 13.1. The summed E-state index contributed by atoms with van der Waals surface area (Å²) in [5, 5.41) is 0. The average Bonchev–Trinajstić information content (AvgIpc) is 2.11. The summed E-state index contributed by atoms with van der Waals surface area (Å²) in [5.41, 5.74) is 0. The number of hydrogen-bond donors (Lipinski definition) is 1. The number of nitrogens with zero attached hydrogens (tertiary/aromatic N) is 1. The van der Waals surface area contributed by atoms with Gasteiger partial charge in [-0.15, -0.1) is 0 Å². The Morgan fingerprint density at radius 3 is 2.00 bits per heavy atom. The Morgan fingerprint density at radius 2 is 1.67 bits per heavy atom. The molecule has 0 saturated heterocycles. The van der Waals surface area contributed by atoms with Gasteiger partial charge < -0.3 is 0 Å². The van der Waals surface area contributed by atoms with Gasteiger partial charge in [0, 0.05) is 25.2 Å². The highest BCUT2D eigenvalue weighted by atomic mass is 79.9.